The second-order valence-electron chi connectivity index (χ2n) is 5.31. The molecule has 0 bridgehead atoms. The predicted molar refractivity (Wildman–Crippen MR) is 75.2 cm³/mol. The number of nitrogens with one attached hydrogen (secondary N) is 1. The Morgan fingerprint density at radius 2 is 1.89 bits per heavy atom. The van der Waals surface area contributed by atoms with Crippen molar-refractivity contribution in [1.82, 2.24) is 5.32 Å². The molecule has 1 atom stereocenters. The number of hydrogen-bond acceptors (Lipinski definition) is 2. The average molecular weight is 248 g/mol. The summed E-state index contributed by atoms with van der Waals surface area (Å²) in [6.45, 7) is 8.89. The minimum atomic E-state index is -0.787. The Morgan fingerprint density at radius 3 is 2.28 bits per heavy atom. The lowest BCUT2D eigenvalue weighted by Crippen LogP contribution is -2.50. The number of carbonyl (C=O) groups excluding carboxylic acids is 1. The lowest BCUT2D eigenvalue weighted by atomic mass is 9.89. The van der Waals surface area contributed by atoms with Crippen LogP contribution in [0.1, 0.15) is 38.8 Å². The molecule has 1 amide bonds. The van der Waals surface area contributed by atoms with Crippen LogP contribution in [0.3, 0.4) is 0 Å². The minimum Gasteiger partial charge on any atom is -0.368 e. The molecule has 0 radical (unpaired) electrons. The van der Waals surface area contributed by atoms with Gasteiger partial charge in [-0.2, -0.15) is 0 Å². The first-order valence-corrected chi connectivity index (χ1v) is 6.54. The second-order valence-corrected chi connectivity index (χ2v) is 5.31. The molecule has 3 nitrogen and oxygen atoms in total. The van der Waals surface area contributed by atoms with E-state index < -0.39 is 5.54 Å². The number of carbonyl (C=O) groups is 1. The topological polar surface area (TPSA) is 55.1 Å². The number of primary amides is 1. The van der Waals surface area contributed by atoms with Gasteiger partial charge in [0.05, 0.1) is 0 Å². The molecule has 100 valence electrons. The van der Waals surface area contributed by atoms with Crippen LogP contribution in [0.4, 0.5) is 0 Å². The quantitative estimate of drug-likeness (QED) is 0.811. The van der Waals surface area contributed by atoms with Gasteiger partial charge < -0.3 is 11.1 Å². The molecule has 0 aromatic heterocycles. The van der Waals surface area contributed by atoms with Crippen molar-refractivity contribution in [3.8, 4) is 0 Å². The van der Waals surface area contributed by atoms with Gasteiger partial charge in [-0.05, 0) is 36.9 Å². The standard InChI is InChI=1S/C15H24N2O/c1-5-17-15(4,14(16)18)13-8-6-12(7-9-13)10-11(2)3/h6-9,11,17H,5,10H2,1-4H3,(H2,16,18). The lowest BCUT2D eigenvalue weighted by molar-refractivity contribution is -0.124. The van der Waals surface area contributed by atoms with E-state index in [-0.39, 0.29) is 5.91 Å². The Labute approximate surface area is 110 Å². The van der Waals surface area contributed by atoms with Gasteiger partial charge in [0.15, 0.2) is 0 Å². The molecular weight excluding hydrogens is 224 g/mol. The zero-order chi connectivity index (χ0) is 13.8. The van der Waals surface area contributed by atoms with Crippen molar-refractivity contribution >= 4 is 5.91 Å². The van der Waals surface area contributed by atoms with Crippen LogP contribution in [0.15, 0.2) is 24.3 Å². The van der Waals surface area contributed by atoms with Gasteiger partial charge in [0.25, 0.3) is 0 Å². The summed E-state index contributed by atoms with van der Waals surface area (Å²) in [7, 11) is 0. The van der Waals surface area contributed by atoms with Gasteiger partial charge in [-0.1, -0.05) is 45.0 Å². The van der Waals surface area contributed by atoms with Crippen LogP contribution in [0.5, 0.6) is 0 Å². The molecule has 1 unspecified atom stereocenters. The number of hydrogen-bond donors (Lipinski definition) is 2. The average Bonchev–Trinajstić information content (AvgIpc) is 2.29. The summed E-state index contributed by atoms with van der Waals surface area (Å²) in [5.74, 6) is 0.285. The summed E-state index contributed by atoms with van der Waals surface area (Å²) in [4.78, 5) is 11.6. The van der Waals surface area contributed by atoms with E-state index in [0.29, 0.717) is 12.5 Å². The third-order valence-corrected chi connectivity index (χ3v) is 3.20. The molecule has 3 heteroatoms. The normalized spacial score (nSPS) is 14.5. The van der Waals surface area contributed by atoms with Gasteiger partial charge in [0, 0.05) is 0 Å². The fraction of sp³-hybridized carbons (Fsp3) is 0.533. The Kier molecular flexibility index (Phi) is 4.91. The molecular formula is C15H24N2O. The summed E-state index contributed by atoms with van der Waals surface area (Å²) in [6, 6.07) is 8.14. The highest BCUT2D eigenvalue weighted by Gasteiger charge is 2.31. The van der Waals surface area contributed by atoms with E-state index in [0.717, 1.165) is 12.0 Å². The van der Waals surface area contributed by atoms with E-state index in [1.165, 1.54) is 5.56 Å². The summed E-state index contributed by atoms with van der Waals surface area (Å²) in [6.07, 6.45) is 1.05. The van der Waals surface area contributed by atoms with Crippen LogP contribution >= 0.6 is 0 Å². The van der Waals surface area contributed by atoms with Crippen LogP contribution in [0.2, 0.25) is 0 Å². The van der Waals surface area contributed by atoms with Crippen molar-refractivity contribution in [1.29, 1.82) is 0 Å². The lowest BCUT2D eigenvalue weighted by Gasteiger charge is -2.27. The van der Waals surface area contributed by atoms with Gasteiger partial charge in [0.1, 0.15) is 5.54 Å². The second kappa shape index (κ2) is 6.01. The molecule has 0 spiro atoms. The first kappa shape index (κ1) is 14.7. The van der Waals surface area contributed by atoms with Crippen molar-refractivity contribution < 1.29 is 4.79 Å². The molecule has 1 rings (SSSR count). The fourth-order valence-electron chi connectivity index (χ4n) is 2.13. The van der Waals surface area contributed by atoms with E-state index >= 15 is 0 Å². The first-order valence-electron chi connectivity index (χ1n) is 6.54. The Morgan fingerprint density at radius 1 is 1.33 bits per heavy atom. The third-order valence-electron chi connectivity index (χ3n) is 3.20. The Balaban J connectivity index is 2.97. The van der Waals surface area contributed by atoms with Crippen molar-refractivity contribution in [3.63, 3.8) is 0 Å². The van der Waals surface area contributed by atoms with Crippen LogP contribution in [-0.2, 0) is 16.8 Å². The smallest absolute Gasteiger partial charge is 0.242 e. The van der Waals surface area contributed by atoms with Crippen molar-refractivity contribution in [3.05, 3.63) is 35.4 Å². The van der Waals surface area contributed by atoms with E-state index in [1.807, 2.05) is 26.0 Å². The highest BCUT2D eigenvalue weighted by atomic mass is 16.1. The van der Waals surface area contributed by atoms with Crippen LogP contribution < -0.4 is 11.1 Å². The van der Waals surface area contributed by atoms with Crippen LogP contribution in [0.25, 0.3) is 0 Å². The molecule has 18 heavy (non-hydrogen) atoms. The molecule has 0 aliphatic carbocycles. The van der Waals surface area contributed by atoms with Crippen molar-refractivity contribution in [2.75, 3.05) is 6.54 Å². The zero-order valence-corrected chi connectivity index (χ0v) is 11.8. The van der Waals surface area contributed by atoms with Gasteiger partial charge in [0.2, 0.25) is 5.91 Å². The molecule has 1 aromatic carbocycles. The third kappa shape index (κ3) is 3.33. The zero-order valence-electron chi connectivity index (χ0n) is 11.8. The molecule has 3 N–H and O–H groups in total. The summed E-state index contributed by atoms with van der Waals surface area (Å²) in [5, 5.41) is 3.16. The maximum atomic E-state index is 11.6. The number of benzene rings is 1. The van der Waals surface area contributed by atoms with Gasteiger partial charge in [-0.15, -0.1) is 0 Å². The number of nitrogens with two attached hydrogens (primary N) is 1. The largest absolute Gasteiger partial charge is 0.368 e. The summed E-state index contributed by atoms with van der Waals surface area (Å²) in [5.41, 5.74) is 6.93. The number of rotatable bonds is 6. The van der Waals surface area contributed by atoms with Crippen molar-refractivity contribution in [2.45, 2.75) is 39.7 Å². The van der Waals surface area contributed by atoms with Crippen LogP contribution in [-0.4, -0.2) is 12.5 Å². The molecule has 0 saturated heterocycles. The first-order chi connectivity index (χ1) is 8.40. The maximum absolute atomic E-state index is 11.6. The minimum absolute atomic E-state index is 0.346. The Bertz CT molecular complexity index is 397. The van der Waals surface area contributed by atoms with Gasteiger partial charge in [-0.25, -0.2) is 0 Å². The fourth-order valence-corrected chi connectivity index (χ4v) is 2.13. The maximum Gasteiger partial charge on any atom is 0.242 e. The number of amides is 1. The molecule has 0 heterocycles. The molecule has 0 fully saturated rings. The summed E-state index contributed by atoms with van der Waals surface area (Å²) >= 11 is 0. The molecule has 1 aromatic rings. The van der Waals surface area contributed by atoms with Crippen molar-refractivity contribution in [2.24, 2.45) is 11.7 Å². The summed E-state index contributed by atoms with van der Waals surface area (Å²) < 4.78 is 0. The van der Waals surface area contributed by atoms with E-state index in [1.54, 1.807) is 0 Å². The van der Waals surface area contributed by atoms with E-state index in [2.05, 4.69) is 31.3 Å². The number of likely N-dealkylation sites (N-methyl/N-ethyl adjacent to an activating group) is 1. The molecule has 0 aliphatic heterocycles. The van der Waals surface area contributed by atoms with Gasteiger partial charge in [-0.3, -0.25) is 4.79 Å². The highest BCUT2D eigenvalue weighted by Crippen LogP contribution is 2.21. The van der Waals surface area contributed by atoms with Gasteiger partial charge >= 0.3 is 0 Å². The predicted octanol–water partition coefficient (Wildman–Crippen LogP) is 2.20. The Hall–Kier alpha value is -1.35. The van der Waals surface area contributed by atoms with Crippen LogP contribution in [0, 0.1) is 5.92 Å². The molecule has 0 aliphatic rings. The molecule has 0 saturated carbocycles. The van der Waals surface area contributed by atoms with E-state index in [9.17, 15) is 4.79 Å². The highest BCUT2D eigenvalue weighted by molar-refractivity contribution is 5.85. The SMILES string of the molecule is CCNC(C)(C(N)=O)c1ccc(CC(C)C)cc1. The van der Waals surface area contributed by atoms with E-state index in [4.69, 9.17) is 5.73 Å². The monoisotopic (exact) mass is 248 g/mol.